The van der Waals surface area contributed by atoms with Gasteiger partial charge < -0.3 is 5.11 Å². The third-order valence-electron chi connectivity index (χ3n) is 4.96. The number of sulfonamides is 1. The Balaban J connectivity index is 1.78. The predicted octanol–water partition coefficient (Wildman–Crippen LogP) is 3.85. The summed E-state index contributed by atoms with van der Waals surface area (Å²) in [6.45, 7) is 1.78. The van der Waals surface area contributed by atoms with E-state index in [1.165, 1.54) is 12.1 Å². The van der Waals surface area contributed by atoms with Crippen molar-refractivity contribution in [1.29, 1.82) is 5.26 Å². The van der Waals surface area contributed by atoms with Crippen LogP contribution in [0.15, 0.2) is 47.4 Å². The lowest BCUT2D eigenvalue weighted by molar-refractivity contribution is 0.0163. The second kappa shape index (κ2) is 7.61. The van der Waals surface area contributed by atoms with E-state index in [4.69, 9.17) is 11.6 Å². The van der Waals surface area contributed by atoms with E-state index in [-0.39, 0.29) is 10.9 Å². The van der Waals surface area contributed by atoms with Gasteiger partial charge in [0, 0.05) is 11.1 Å². The van der Waals surface area contributed by atoms with E-state index < -0.39 is 15.6 Å². The average Bonchev–Trinajstić information content (AvgIpc) is 2.63. The van der Waals surface area contributed by atoms with Crippen LogP contribution in [0.1, 0.15) is 38.2 Å². The Hall–Kier alpha value is -1.91. The first kappa shape index (κ1) is 19.8. The van der Waals surface area contributed by atoms with Gasteiger partial charge in [0.05, 0.1) is 22.1 Å². The second-order valence-electron chi connectivity index (χ2n) is 7.22. The van der Waals surface area contributed by atoms with Crippen LogP contribution in [0.5, 0.6) is 0 Å². The largest absolute Gasteiger partial charge is 0.390 e. The van der Waals surface area contributed by atoms with Crippen molar-refractivity contribution in [1.82, 2.24) is 4.72 Å². The number of halogens is 1. The first-order valence-corrected chi connectivity index (χ1v) is 10.6. The maximum absolute atomic E-state index is 12.6. The normalized spacial score (nSPS) is 23.0. The SMILES string of the molecule is C[C@]1(O)CC[C@@H](NS(=O)(=O)c2ccc(-c3ccc(Cl)cc3C#N)cc2)CC1. The summed E-state index contributed by atoms with van der Waals surface area (Å²) < 4.78 is 28.0. The van der Waals surface area contributed by atoms with Gasteiger partial charge in [-0.1, -0.05) is 29.8 Å². The van der Waals surface area contributed by atoms with Crippen molar-refractivity contribution in [2.75, 3.05) is 0 Å². The van der Waals surface area contributed by atoms with Crippen molar-refractivity contribution in [3.05, 3.63) is 53.1 Å². The van der Waals surface area contributed by atoms with E-state index in [1.807, 2.05) is 0 Å². The fraction of sp³-hybridized carbons (Fsp3) is 0.350. The van der Waals surface area contributed by atoms with E-state index in [2.05, 4.69) is 10.8 Å². The van der Waals surface area contributed by atoms with E-state index in [1.54, 1.807) is 37.3 Å². The molecule has 5 nitrogen and oxygen atoms in total. The van der Waals surface area contributed by atoms with Crippen LogP contribution in [-0.2, 0) is 10.0 Å². The minimum absolute atomic E-state index is 0.170. The molecule has 2 aromatic rings. The molecule has 0 unspecified atom stereocenters. The maximum Gasteiger partial charge on any atom is 0.240 e. The van der Waals surface area contributed by atoms with Crippen LogP contribution in [0.3, 0.4) is 0 Å². The number of hydrogen-bond donors (Lipinski definition) is 2. The van der Waals surface area contributed by atoms with Crippen LogP contribution in [-0.4, -0.2) is 25.2 Å². The van der Waals surface area contributed by atoms with Gasteiger partial charge >= 0.3 is 0 Å². The van der Waals surface area contributed by atoms with Crippen LogP contribution in [0.2, 0.25) is 5.02 Å². The molecule has 0 amide bonds. The van der Waals surface area contributed by atoms with Gasteiger partial charge in [0.2, 0.25) is 10.0 Å². The summed E-state index contributed by atoms with van der Waals surface area (Å²) in [6.07, 6.45) is 2.38. The highest BCUT2D eigenvalue weighted by molar-refractivity contribution is 7.89. The summed E-state index contributed by atoms with van der Waals surface area (Å²) in [5.74, 6) is 0. The number of nitrogens with one attached hydrogen (secondary N) is 1. The average molecular weight is 405 g/mol. The zero-order valence-corrected chi connectivity index (χ0v) is 16.5. The topological polar surface area (TPSA) is 90.2 Å². The monoisotopic (exact) mass is 404 g/mol. The van der Waals surface area contributed by atoms with Gasteiger partial charge in [0.25, 0.3) is 0 Å². The zero-order valence-electron chi connectivity index (χ0n) is 14.9. The summed E-state index contributed by atoms with van der Waals surface area (Å²) in [4.78, 5) is 0.177. The number of nitriles is 1. The Labute approximate surface area is 164 Å². The van der Waals surface area contributed by atoms with Crippen molar-refractivity contribution in [2.24, 2.45) is 0 Å². The van der Waals surface area contributed by atoms with Crippen LogP contribution in [0.4, 0.5) is 0 Å². The maximum atomic E-state index is 12.6. The zero-order chi connectivity index (χ0) is 19.7. The lowest BCUT2D eigenvalue weighted by atomic mass is 9.84. The third-order valence-corrected chi connectivity index (χ3v) is 6.73. The molecule has 0 atom stereocenters. The van der Waals surface area contributed by atoms with Gasteiger partial charge in [-0.15, -0.1) is 0 Å². The molecule has 2 N–H and O–H groups in total. The molecule has 1 aliphatic rings. The quantitative estimate of drug-likeness (QED) is 0.809. The molecule has 0 bridgehead atoms. The highest BCUT2D eigenvalue weighted by Gasteiger charge is 2.31. The van der Waals surface area contributed by atoms with Gasteiger partial charge in [-0.25, -0.2) is 13.1 Å². The van der Waals surface area contributed by atoms with Gasteiger partial charge in [0.1, 0.15) is 0 Å². The Morgan fingerprint density at radius 2 is 1.81 bits per heavy atom. The molecular weight excluding hydrogens is 384 g/mol. The third kappa shape index (κ3) is 4.69. The highest BCUT2D eigenvalue weighted by atomic mass is 35.5. The Morgan fingerprint density at radius 1 is 1.19 bits per heavy atom. The molecule has 0 radical (unpaired) electrons. The first-order valence-electron chi connectivity index (χ1n) is 8.75. The minimum atomic E-state index is -3.64. The number of hydrogen-bond acceptors (Lipinski definition) is 4. The lowest BCUT2D eigenvalue weighted by Gasteiger charge is -2.33. The summed E-state index contributed by atoms with van der Waals surface area (Å²) >= 11 is 5.92. The van der Waals surface area contributed by atoms with Gasteiger partial charge in [-0.2, -0.15) is 5.26 Å². The van der Waals surface area contributed by atoms with Crippen molar-refractivity contribution < 1.29 is 13.5 Å². The van der Waals surface area contributed by atoms with E-state index >= 15 is 0 Å². The van der Waals surface area contributed by atoms with E-state index in [9.17, 15) is 18.8 Å². The Morgan fingerprint density at radius 3 is 2.41 bits per heavy atom. The molecule has 1 fully saturated rings. The molecule has 0 aliphatic heterocycles. The minimum Gasteiger partial charge on any atom is -0.390 e. The number of benzene rings is 2. The number of aliphatic hydroxyl groups is 1. The smallest absolute Gasteiger partial charge is 0.240 e. The molecule has 0 spiro atoms. The number of nitrogens with zero attached hydrogens (tertiary/aromatic N) is 1. The summed E-state index contributed by atoms with van der Waals surface area (Å²) in [5.41, 5.74) is 1.18. The Kier molecular flexibility index (Phi) is 5.59. The standard InChI is InChI=1S/C20H21ClN2O3S/c1-20(24)10-8-17(9-11-20)23-27(25,26)18-5-2-14(3-6-18)19-7-4-16(21)12-15(19)13-22/h2-7,12,17,23-24H,8-11H2,1H3/t17-,20+. The van der Waals surface area contributed by atoms with Crippen LogP contribution >= 0.6 is 11.6 Å². The van der Waals surface area contributed by atoms with E-state index in [0.29, 0.717) is 41.8 Å². The van der Waals surface area contributed by atoms with Gasteiger partial charge in [0.15, 0.2) is 0 Å². The van der Waals surface area contributed by atoms with Gasteiger partial charge in [-0.3, -0.25) is 0 Å². The van der Waals surface area contributed by atoms with Crippen LogP contribution in [0, 0.1) is 11.3 Å². The van der Waals surface area contributed by atoms with E-state index in [0.717, 1.165) is 5.56 Å². The van der Waals surface area contributed by atoms with Crippen molar-refractivity contribution in [2.45, 2.75) is 49.1 Å². The highest BCUT2D eigenvalue weighted by Crippen LogP contribution is 2.30. The van der Waals surface area contributed by atoms with Crippen molar-refractivity contribution in [3.63, 3.8) is 0 Å². The fourth-order valence-corrected chi connectivity index (χ4v) is 4.80. The second-order valence-corrected chi connectivity index (χ2v) is 9.37. The summed E-state index contributed by atoms with van der Waals surface area (Å²) in [7, 11) is -3.64. The summed E-state index contributed by atoms with van der Waals surface area (Å²) in [6, 6.07) is 13.4. The van der Waals surface area contributed by atoms with Gasteiger partial charge in [-0.05, 0) is 68.0 Å². The van der Waals surface area contributed by atoms with Crippen LogP contribution in [0.25, 0.3) is 11.1 Å². The lowest BCUT2D eigenvalue weighted by Crippen LogP contribution is -2.42. The molecule has 0 saturated heterocycles. The fourth-order valence-electron chi connectivity index (χ4n) is 3.32. The summed E-state index contributed by atoms with van der Waals surface area (Å²) in [5, 5.41) is 19.7. The molecule has 142 valence electrons. The Bertz CT molecular complexity index is 969. The molecular formula is C20H21ClN2O3S. The molecule has 0 aromatic heterocycles. The molecule has 1 saturated carbocycles. The molecule has 1 aliphatic carbocycles. The molecule has 27 heavy (non-hydrogen) atoms. The molecule has 3 rings (SSSR count). The van der Waals surface area contributed by atoms with Crippen molar-refractivity contribution in [3.8, 4) is 17.2 Å². The molecule has 0 heterocycles. The van der Waals surface area contributed by atoms with Crippen LogP contribution < -0.4 is 4.72 Å². The molecule has 2 aromatic carbocycles. The van der Waals surface area contributed by atoms with Crippen molar-refractivity contribution >= 4 is 21.6 Å². The number of rotatable bonds is 4. The molecule has 7 heteroatoms. The predicted molar refractivity (Wildman–Crippen MR) is 105 cm³/mol. The first-order chi connectivity index (χ1) is 12.7.